The van der Waals surface area contributed by atoms with Crippen LogP contribution in [0, 0.1) is 0 Å². The molecule has 0 aliphatic heterocycles. The largest absolute Gasteiger partial charge is 0.437 e. The molecule has 0 saturated heterocycles. The van der Waals surface area contributed by atoms with E-state index in [1.165, 1.54) is 7.11 Å². The molecule has 0 fully saturated rings. The number of esters is 1. The number of hydrogen-bond acceptors (Lipinski definition) is 3. The highest BCUT2D eigenvalue weighted by Gasteiger charge is 1.96. The molecule has 0 atom stereocenters. The van der Waals surface area contributed by atoms with Gasteiger partial charge < -0.3 is 9.47 Å². The van der Waals surface area contributed by atoms with Crippen molar-refractivity contribution in [1.82, 2.24) is 0 Å². The monoisotopic (exact) mass is 122 g/mol. The van der Waals surface area contributed by atoms with Gasteiger partial charge >= 0.3 is 5.97 Å². The molecule has 8 heavy (non-hydrogen) atoms. The SMILES string of the molecule is COCOC(=O)CF. The molecule has 0 radical (unpaired) electrons. The van der Waals surface area contributed by atoms with Gasteiger partial charge in [-0.05, 0) is 0 Å². The highest BCUT2D eigenvalue weighted by atomic mass is 19.1. The Morgan fingerprint density at radius 3 is 2.75 bits per heavy atom. The zero-order valence-electron chi connectivity index (χ0n) is 4.52. The normalized spacial score (nSPS) is 8.75. The van der Waals surface area contributed by atoms with Gasteiger partial charge in [-0.15, -0.1) is 0 Å². The topological polar surface area (TPSA) is 35.5 Å². The molecule has 0 N–H and O–H groups in total. The summed E-state index contributed by atoms with van der Waals surface area (Å²) < 4.78 is 19.6. The number of hydrogen-bond donors (Lipinski definition) is 0. The van der Waals surface area contributed by atoms with E-state index in [0.717, 1.165) is 0 Å². The zero-order chi connectivity index (χ0) is 6.41. The van der Waals surface area contributed by atoms with Crippen molar-refractivity contribution in [1.29, 1.82) is 0 Å². The third kappa shape index (κ3) is 3.55. The van der Waals surface area contributed by atoms with Crippen molar-refractivity contribution in [3.8, 4) is 0 Å². The predicted octanol–water partition coefficient (Wildman–Crippen LogP) is 0.103. The second kappa shape index (κ2) is 4.52. The second-order valence-corrected chi connectivity index (χ2v) is 1.06. The van der Waals surface area contributed by atoms with E-state index >= 15 is 0 Å². The summed E-state index contributed by atoms with van der Waals surface area (Å²) in [5.74, 6) is -0.896. The second-order valence-electron chi connectivity index (χ2n) is 1.06. The predicted molar refractivity (Wildman–Crippen MR) is 23.9 cm³/mol. The zero-order valence-corrected chi connectivity index (χ0v) is 4.52. The van der Waals surface area contributed by atoms with Gasteiger partial charge in [-0.25, -0.2) is 9.18 Å². The maximum atomic E-state index is 11.2. The first-order chi connectivity index (χ1) is 3.81. The maximum absolute atomic E-state index is 11.2. The fraction of sp³-hybridized carbons (Fsp3) is 0.750. The first-order valence-corrected chi connectivity index (χ1v) is 2.01. The smallest absolute Gasteiger partial charge is 0.339 e. The Morgan fingerprint density at radius 2 is 2.38 bits per heavy atom. The van der Waals surface area contributed by atoms with Crippen molar-refractivity contribution in [2.45, 2.75) is 0 Å². The molecule has 0 heterocycles. The van der Waals surface area contributed by atoms with Crippen LogP contribution in [0.15, 0.2) is 0 Å². The van der Waals surface area contributed by atoms with Crippen LogP contribution < -0.4 is 0 Å². The fourth-order valence-corrected chi connectivity index (χ4v) is 0.163. The minimum Gasteiger partial charge on any atom is -0.437 e. The first kappa shape index (κ1) is 7.36. The van der Waals surface area contributed by atoms with Crippen LogP contribution in [0.3, 0.4) is 0 Å². The van der Waals surface area contributed by atoms with Gasteiger partial charge in [-0.2, -0.15) is 0 Å². The lowest BCUT2D eigenvalue weighted by atomic mass is 10.8. The number of rotatable bonds is 3. The molecule has 0 aromatic rings. The maximum Gasteiger partial charge on any atom is 0.339 e. The minimum atomic E-state index is -1.09. The minimum absolute atomic E-state index is 0.178. The Labute approximate surface area is 46.4 Å². The van der Waals surface area contributed by atoms with Crippen LogP contribution in [0.5, 0.6) is 0 Å². The Hall–Kier alpha value is -0.640. The summed E-state index contributed by atoms with van der Waals surface area (Å²) in [6.45, 7) is -1.27. The van der Waals surface area contributed by atoms with Gasteiger partial charge in [0.2, 0.25) is 0 Å². The van der Waals surface area contributed by atoms with Crippen LogP contribution >= 0.6 is 0 Å². The van der Waals surface area contributed by atoms with E-state index in [1.54, 1.807) is 0 Å². The van der Waals surface area contributed by atoms with E-state index in [4.69, 9.17) is 0 Å². The fourth-order valence-electron chi connectivity index (χ4n) is 0.163. The van der Waals surface area contributed by atoms with E-state index < -0.39 is 12.6 Å². The van der Waals surface area contributed by atoms with Gasteiger partial charge in [0.25, 0.3) is 0 Å². The molecule has 0 aliphatic rings. The van der Waals surface area contributed by atoms with E-state index in [9.17, 15) is 9.18 Å². The van der Waals surface area contributed by atoms with Crippen LogP contribution in [0.1, 0.15) is 0 Å². The molecular formula is C4H7FO3. The summed E-state index contributed by atoms with van der Waals surface area (Å²) >= 11 is 0. The lowest BCUT2D eigenvalue weighted by molar-refractivity contribution is -0.154. The van der Waals surface area contributed by atoms with Crippen molar-refractivity contribution in [2.24, 2.45) is 0 Å². The quantitative estimate of drug-likeness (QED) is 0.393. The van der Waals surface area contributed by atoms with E-state index in [2.05, 4.69) is 9.47 Å². The van der Waals surface area contributed by atoms with E-state index in [0.29, 0.717) is 0 Å². The van der Waals surface area contributed by atoms with Gasteiger partial charge in [0, 0.05) is 7.11 Å². The van der Waals surface area contributed by atoms with Crippen molar-refractivity contribution in [2.75, 3.05) is 20.6 Å². The lowest BCUT2D eigenvalue weighted by Crippen LogP contribution is -2.07. The summed E-state index contributed by atoms with van der Waals surface area (Å²) in [5.41, 5.74) is 0. The molecule has 0 aromatic heterocycles. The van der Waals surface area contributed by atoms with Crippen molar-refractivity contribution >= 4 is 5.97 Å². The molecule has 0 aliphatic carbocycles. The first-order valence-electron chi connectivity index (χ1n) is 2.01. The number of carbonyl (C=O) groups is 1. The molecule has 0 amide bonds. The number of carbonyl (C=O) groups excluding carboxylic acids is 1. The van der Waals surface area contributed by atoms with Gasteiger partial charge in [-0.1, -0.05) is 0 Å². The molecule has 0 saturated carbocycles. The summed E-state index contributed by atoms with van der Waals surface area (Å²) in [6.07, 6.45) is 0. The van der Waals surface area contributed by atoms with Gasteiger partial charge in [0.15, 0.2) is 13.5 Å². The van der Waals surface area contributed by atoms with Crippen LogP contribution in [0.25, 0.3) is 0 Å². The standard InChI is InChI=1S/C4H7FO3/c1-7-3-8-4(6)2-5/h2-3H2,1H3. The van der Waals surface area contributed by atoms with Crippen LogP contribution in [0.4, 0.5) is 4.39 Å². The number of methoxy groups -OCH3 is 1. The molecule has 0 unspecified atom stereocenters. The molecule has 3 nitrogen and oxygen atoms in total. The summed E-state index contributed by atoms with van der Waals surface area (Å²) in [7, 11) is 1.35. The Balaban J connectivity index is 2.99. The number of halogens is 1. The van der Waals surface area contributed by atoms with Crippen molar-refractivity contribution in [3.63, 3.8) is 0 Å². The Bertz CT molecular complexity index is 73.7. The van der Waals surface area contributed by atoms with Gasteiger partial charge in [0.1, 0.15) is 0 Å². The molecule has 48 valence electrons. The average molecular weight is 122 g/mol. The highest BCUT2D eigenvalue weighted by Crippen LogP contribution is 1.77. The van der Waals surface area contributed by atoms with Gasteiger partial charge in [-0.3, -0.25) is 0 Å². The molecule has 0 spiro atoms. The molecule has 0 rings (SSSR count). The summed E-state index contributed by atoms with van der Waals surface area (Å²) in [4.78, 5) is 9.89. The van der Waals surface area contributed by atoms with Gasteiger partial charge in [0.05, 0.1) is 0 Å². The Kier molecular flexibility index (Phi) is 4.16. The van der Waals surface area contributed by atoms with Crippen LogP contribution in [-0.2, 0) is 14.3 Å². The molecule has 0 bridgehead atoms. The van der Waals surface area contributed by atoms with E-state index in [-0.39, 0.29) is 6.79 Å². The lowest BCUT2D eigenvalue weighted by Gasteiger charge is -1.96. The van der Waals surface area contributed by atoms with Crippen LogP contribution in [-0.4, -0.2) is 26.5 Å². The molecular weight excluding hydrogens is 115 g/mol. The van der Waals surface area contributed by atoms with Crippen molar-refractivity contribution in [3.05, 3.63) is 0 Å². The Morgan fingerprint density at radius 1 is 1.75 bits per heavy atom. The number of ether oxygens (including phenoxy) is 2. The third-order valence-electron chi connectivity index (χ3n) is 0.447. The summed E-state index contributed by atoms with van der Waals surface area (Å²) in [5, 5.41) is 0. The third-order valence-corrected chi connectivity index (χ3v) is 0.447. The van der Waals surface area contributed by atoms with Crippen LogP contribution in [0.2, 0.25) is 0 Å². The average Bonchev–Trinajstić information content (AvgIpc) is 1.83. The number of alkyl halides is 1. The van der Waals surface area contributed by atoms with Crippen molar-refractivity contribution < 1.29 is 18.7 Å². The highest BCUT2D eigenvalue weighted by molar-refractivity contribution is 5.70. The molecule has 0 aromatic carbocycles. The summed E-state index contributed by atoms with van der Waals surface area (Å²) in [6, 6.07) is 0. The van der Waals surface area contributed by atoms with E-state index in [1.807, 2.05) is 0 Å². The molecule has 4 heteroatoms.